The van der Waals surface area contributed by atoms with Crippen molar-refractivity contribution in [3.63, 3.8) is 0 Å². The van der Waals surface area contributed by atoms with E-state index in [0.717, 1.165) is 25.7 Å². The minimum atomic E-state index is -3.60. The van der Waals surface area contributed by atoms with E-state index in [-0.39, 0.29) is 29.2 Å². The number of morpholine rings is 1. The van der Waals surface area contributed by atoms with Gasteiger partial charge in [0, 0.05) is 13.1 Å². The molecule has 0 amide bonds. The molecule has 2 fully saturated rings. The molecular formula is C20H29NO5S. The number of hydrogen-bond acceptors (Lipinski definition) is 5. The van der Waals surface area contributed by atoms with Gasteiger partial charge in [-0.05, 0) is 63.8 Å². The third-order valence-electron chi connectivity index (χ3n) is 5.19. The first kappa shape index (κ1) is 20.3. The Kier molecular flexibility index (Phi) is 6.55. The molecule has 1 aliphatic carbocycles. The van der Waals surface area contributed by atoms with Crippen LogP contribution in [0.5, 0.6) is 0 Å². The van der Waals surface area contributed by atoms with E-state index in [2.05, 4.69) is 0 Å². The Hall–Kier alpha value is -1.44. The molecule has 3 rings (SSSR count). The van der Waals surface area contributed by atoms with Gasteiger partial charge in [-0.2, -0.15) is 4.31 Å². The molecule has 0 unspecified atom stereocenters. The summed E-state index contributed by atoms with van der Waals surface area (Å²) < 4.78 is 38.4. The minimum Gasteiger partial charge on any atom is -0.459 e. The SMILES string of the molecule is C[C@@H]1CN(S(=O)(=O)c2ccc(C(=O)OC3CCCCCC3)cc2)C[C@@H](C)O1. The molecule has 6 nitrogen and oxygen atoms in total. The van der Waals surface area contributed by atoms with E-state index in [1.54, 1.807) is 12.1 Å². The summed E-state index contributed by atoms with van der Waals surface area (Å²) in [7, 11) is -3.60. The zero-order valence-corrected chi connectivity index (χ0v) is 16.9. The van der Waals surface area contributed by atoms with Gasteiger partial charge in [-0.1, -0.05) is 12.8 Å². The van der Waals surface area contributed by atoms with E-state index in [9.17, 15) is 13.2 Å². The maximum absolute atomic E-state index is 12.9. The number of hydrogen-bond donors (Lipinski definition) is 0. The first-order valence-corrected chi connectivity index (χ1v) is 11.3. The van der Waals surface area contributed by atoms with Crippen molar-refractivity contribution in [1.29, 1.82) is 0 Å². The molecule has 0 radical (unpaired) electrons. The molecule has 2 atom stereocenters. The molecule has 0 aromatic heterocycles. The molecule has 1 saturated carbocycles. The van der Waals surface area contributed by atoms with Gasteiger partial charge in [-0.25, -0.2) is 13.2 Å². The van der Waals surface area contributed by atoms with Crippen molar-refractivity contribution >= 4 is 16.0 Å². The Morgan fingerprint density at radius 3 is 2.11 bits per heavy atom. The topological polar surface area (TPSA) is 72.9 Å². The van der Waals surface area contributed by atoms with Crippen molar-refractivity contribution in [3.05, 3.63) is 29.8 Å². The summed E-state index contributed by atoms with van der Waals surface area (Å²) >= 11 is 0. The number of esters is 1. The Morgan fingerprint density at radius 2 is 1.56 bits per heavy atom. The summed E-state index contributed by atoms with van der Waals surface area (Å²) in [6, 6.07) is 6.06. The fraction of sp³-hybridized carbons (Fsp3) is 0.650. The van der Waals surface area contributed by atoms with E-state index >= 15 is 0 Å². The molecule has 7 heteroatoms. The van der Waals surface area contributed by atoms with Gasteiger partial charge in [0.25, 0.3) is 0 Å². The summed E-state index contributed by atoms with van der Waals surface area (Å²) in [4.78, 5) is 12.6. The second-order valence-corrected chi connectivity index (χ2v) is 9.56. The number of rotatable bonds is 4. The van der Waals surface area contributed by atoms with Crippen molar-refractivity contribution in [2.75, 3.05) is 13.1 Å². The highest BCUT2D eigenvalue weighted by Gasteiger charge is 2.32. The third kappa shape index (κ3) is 5.09. The maximum atomic E-state index is 12.9. The van der Waals surface area contributed by atoms with Gasteiger partial charge >= 0.3 is 5.97 Å². The fourth-order valence-corrected chi connectivity index (χ4v) is 5.41. The summed E-state index contributed by atoms with van der Waals surface area (Å²) in [5.41, 5.74) is 0.391. The van der Waals surface area contributed by atoms with Crippen LogP contribution in [0, 0.1) is 0 Å². The lowest BCUT2D eigenvalue weighted by Crippen LogP contribution is -2.48. The number of carbonyl (C=O) groups is 1. The normalized spacial score (nSPS) is 25.7. The van der Waals surface area contributed by atoms with Gasteiger partial charge in [0.1, 0.15) is 6.10 Å². The van der Waals surface area contributed by atoms with Crippen LogP contribution in [0.1, 0.15) is 62.7 Å². The molecule has 1 aromatic rings. The number of carbonyl (C=O) groups excluding carboxylic acids is 1. The van der Waals surface area contributed by atoms with E-state index in [4.69, 9.17) is 9.47 Å². The van der Waals surface area contributed by atoms with Crippen molar-refractivity contribution in [2.45, 2.75) is 75.6 Å². The largest absolute Gasteiger partial charge is 0.459 e. The first-order chi connectivity index (χ1) is 12.9. The number of benzene rings is 1. The second-order valence-electron chi connectivity index (χ2n) is 7.62. The highest BCUT2D eigenvalue weighted by atomic mass is 32.2. The molecular weight excluding hydrogens is 366 g/mol. The van der Waals surface area contributed by atoms with Crippen LogP contribution < -0.4 is 0 Å². The molecule has 150 valence electrons. The monoisotopic (exact) mass is 395 g/mol. The lowest BCUT2D eigenvalue weighted by atomic mass is 10.1. The van der Waals surface area contributed by atoms with Crippen LogP contribution in [-0.4, -0.2) is 50.1 Å². The zero-order valence-electron chi connectivity index (χ0n) is 16.1. The average Bonchev–Trinajstić information content (AvgIpc) is 2.89. The summed E-state index contributed by atoms with van der Waals surface area (Å²) in [6.07, 6.45) is 6.07. The Morgan fingerprint density at radius 1 is 1.00 bits per heavy atom. The van der Waals surface area contributed by atoms with Gasteiger partial charge in [0.15, 0.2) is 0 Å². The van der Waals surface area contributed by atoms with Crippen LogP contribution in [-0.2, 0) is 19.5 Å². The minimum absolute atomic E-state index is 0.0280. The van der Waals surface area contributed by atoms with Crippen LogP contribution in [0.25, 0.3) is 0 Å². The van der Waals surface area contributed by atoms with Crippen LogP contribution in [0.4, 0.5) is 0 Å². The van der Waals surface area contributed by atoms with Crippen LogP contribution in [0.15, 0.2) is 29.2 Å². The average molecular weight is 396 g/mol. The highest BCUT2D eigenvalue weighted by molar-refractivity contribution is 7.89. The molecule has 0 bridgehead atoms. The van der Waals surface area contributed by atoms with Gasteiger partial charge in [-0.15, -0.1) is 0 Å². The van der Waals surface area contributed by atoms with Crippen molar-refractivity contribution in [2.24, 2.45) is 0 Å². The molecule has 1 aromatic carbocycles. The number of ether oxygens (including phenoxy) is 2. The van der Waals surface area contributed by atoms with E-state index < -0.39 is 10.0 Å². The number of sulfonamides is 1. The van der Waals surface area contributed by atoms with Crippen LogP contribution >= 0.6 is 0 Å². The lowest BCUT2D eigenvalue weighted by Gasteiger charge is -2.34. The van der Waals surface area contributed by atoms with E-state index in [1.807, 2.05) is 13.8 Å². The van der Waals surface area contributed by atoms with E-state index in [1.165, 1.54) is 29.3 Å². The van der Waals surface area contributed by atoms with Gasteiger partial charge in [-0.3, -0.25) is 0 Å². The van der Waals surface area contributed by atoms with Crippen molar-refractivity contribution in [3.8, 4) is 0 Å². The lowest BCUT2D eigenvalue weighted by molar-refractivity contribution is -0.0440. The fourth-order valence-electron chi connectivity index (χ4n) is 3.82. The predicted octanol–water partition coefficient (Wildman–Crippen LogP) is 3.36. The van der Waals surface area contributed by atoms with Crippen LogP contribution in [0.3, 0.4) is 0 Å². The van der Waals surface area contributed by atoms with E-state index in [0.29, 0.717) is 18.7 Å². The maximum Gasteiger partial charge on any atom is 0.338 e. The summed E-state index contributed by atoms with van der Waals surface area (Å²) in [6.45, 7) is 4.39. The summed E-state index contributed by atoms with van der Waals surface area (Å²) in [5.74, 6) is -0.375. The molecule has 27 heavy (non-hydrogen) atoms. The third-order valence-corrected chi connectivity index (χ3v) is 7.04. The summed E-state index contributed by atoms with van der Waals surface area (Å²) in [5, 5.41) is 0. The second kappa shape index (κ2) is 8.71. The van der Waals surface area contributed by atoms with Crippen LogP contribution in [0.2, 0.25) is 0 Å². The molecule has 1 heterocycles. The zero-order chi connectivity index (χ0) is 19.4. The molecule has 2 aliphatic rings. The Labute approximate surface area is 161 Å². The van der Waals surface area contributed by atoms with Gasteiger partial charge in [0.2, 0.25) is 10.0 Å². The van der Waals surface area contributed by atoms with Crippen molar-refractivity contribution in [1.82, 2.24) is 4.31 Å². The Bertz CT molecular complexity index is 728. The standard InChI is InChI=1S/C20H29NO5S/c1-15-13-21(14-16(2)25-15)27(23,24)19-11-9-17(10-12-19)20(22)26-18-7-5-3-4-6-8-18/h9-12,15-16,18H,3-8,13-14H2,1-2H3/t15-,16-/m1/s1. The molecule has 1 saturated heterocycles. The first-order valence-electron chi connectivity index (χ1n) is 9.83. The molecule has 0 spiro atoms. The van der Waals surface area contributed by atoms with Crippen molar-refractivity contribution < 1.29 is 22.7 Å². The number of nitrogens with zero attached hydrogens (tertiary/aromatic N) is 1. The van der Waals surface area contributed by atoms with Gasteiger partial charge < -0.3 is 9.47 Å². The molecule has 1 aliphatic heterocycles. The smallest absolute Gasteiger partial charge is 0.338 e. The predicted molar refractivity (Wildman–Crippen MR) is 102 cm³/mol. The Balaban J connectivity index is 1.67. The quantitative estimate of drug-likeness (QED) is 0.577. The highest BCUT2D eigenvalue weighted by Crippen LogP contribution is 2.23. The van der Waals surface area contributed by atoms with Gasteiger partial charge in [0.05, 0.1) is 22.7 Å². The molecule has 0 N–H and O–H groups in total.